The number of methoxy groups -OCH3 is 1. The highest BCUT2D eigenvalue weighted by atomic mass is 35.5. The van der Waals surface area contributed by atoms with Gasteiger partial charge >= 0.3 is 7.12 Å². The molecule has 0 fully saturated rings. The summed E-state index contributed by atoms with van der Waals surface area (Å²) < 4.78 is 4.89. The van der Waals surface area contributed by atoms with Gasteiger partial charge in [-0.05, 0) is 18.4 Å². The molecule has 1 rings (SSSR count). The van der Waals surface area contributed by atoms with Crippen LogP contribution in [0, 0.1) is 0 Å². The van der Waals surface area contributed by atoms with Crippen LogP contribution in [0.15, 0.2) is 23.4 Å². The van der Waals surface area contributed by atoms with Crippen molar-refractivity contribution in [3.8, 4) is 0 Å². The second kappa shape index (κ2) is 3.49. The zero-order chi connectivity index (χ0) is 9.19. The van der Waals surface area contributed by atoms with E-state index in [0.29, 0.717) is 0 Å². The number of dihydropyridines is 1. The maximum absolute atomic E-state index is 9.01. The summed E-state index contributed by atoms with van der Waals surface area (Å²) in [5, 5.41) is 20.8. The van der Waals surface area contributed by atoms with Crippen LogP contribution in [0.1, 0.15) is 0 Å². The first-order chi connectivity index (χ1) is 5.63. The number of nitrogens with one attached hydrogen (secondary N) is 1. The zero-order valence-electron chi connectivity index (χ0n) is 6.49. The molecule has 0 amide bonds. The Balaban J connectivity index is 2.94. The minimum atomic E-state index is -1.71. The van der Waals surface area contributed by atoms with E-state index in [-0.39, 0.29) is 5.03 Å². The van der Waals surface area contributed by atoms with Crippen molar-refractivity contribution in [3.63, 3.8) is 0 Å². The van der Waals surface area contributed by atoms with E-state index in [4.69, 9.17) is 26.4 Å². The first kappa shape index (κ1) is 9.60. The minimum absolute atomic E-state index is 0.197. The summed E-state index contributed by atoms with van der Waals surface area (Å²) in [4.78, 5) is 0. The van der Waals surface area contributed by atoms with Crippen LogP contribution < -0.4 is 5.32 Å². The summed E-state index contributed by atoms with van der Waals surface area (Å²) in [6.45, 7) is 0. The highest BCUT2D eigenvalue weighted by Gasteiger charge is 2.46. The first-order valence-corrected chi connectivity index (χ1v) is 3.73. The van der Waals surface area contributed by atoms with E-state index in [0.717, 1.165) is 0 Å². The fraction of sp³-hybridized carbons (Fsp3) is 0.333. The van der Waals surface area contributed by atoms with Gasteiger partial charge in [-0.3, -0.25) is 0 Å². The fourth-order valence-electron chi connectivity index (χ4n) is 0.957. The van der Waals surface area contributed by atoms with Crippen molar-refractivity contribution >= 4 is 18.7 Å². The number of rotatable bonds is 2. The SMILES string of the molecule is COC1(B(O)O)NC=CC=C1Cl. The topological polar surface area (TPSA) is 61.7 Å². The molecule has 0 aromatic rings. The smallest absolute Gasteiger partial charge is 0.424 e. The molecule has 1 aliphatic rings. The minimum Gasteiger partial charge on any atom is -0.424 e. The number of ether oxygens (including phenoxy) is 1. The van der Waals surface area contributed by atoms with Gasteiger partial charge in [-0.2, -0.15) is 0 Å². The van der Waals surface area contributed by atoms with E-state index in [1.54, 1.807) is 6.08 Å². The average Bonchev–Trinajstić information content (AvgIpc) is 2.05. The maximum Gasteiger partial charge on any atom is 0.514 e. The number of halogens is 1. The number of hydrogen-bond donors (Lipinski definition) is 3. The van der Waals surface area contributed by atoms with Crippen LogP contribution in [0.25, 0.3) is 0 Å². The van der Waals surface area contributed by atoms with Crippen LogP contribution in [0.4, 0.5) is 0 Å². The lowest BCUT2D eigenvalue weighted by atomic mass is 9.73. The van der Waals surface area contributed by atoms with E-state index in [1.807, 2.05) is 0 Å². The Kier molecular flexibility index (Phi) is 2.79. The van der Waals surface area contributed by atoms with E-state index >= 15 is 0 Å². The highest BCUT2D eigenvalue weighted by Crippen LogP contribution is 2.25. The van der Waals surface area contributed by atoms with Crippen molar-refractivity contribution in [2.45, 2.75) is 5.62 Å². The Morgan fingerprint density at radius 1 is 1.67 bits per heavy atom. The molecular formula is C6H9BClNO3. The molecule has 0 radical (unpaired) electrons. The van der Waals surface area contributed by atoms with Crippen LogP contribution >= 0.6 is 11.6 Å². The third kappa shape index (κ3) is 1.36. The second-order valence-corrected chi connectivity index (χ2v) is 2.74. The van der Waals surface area contributed by atoms with E-state index in [9.17, 15) is 0 Å². The molecule has 0 saturated heterocycles. The average molecular weight is 189 g/mol. The molecular weight excluding hydrogens is 180 g/mol. The van der Waals surface area contributed by atoms with Crippen LogP contribution in [0.2, 0.25) is 0 Å². The molecule has 1 atom stereocenters. The molecule has 1 aliphatic heterocycles. The van der Waals surface area contributed by atoms with Gasteiger partial charge in [0.1, 0.15) is 0 Å². The van der Waals surface area contributed by atoms with E-state index in [2.05, 4.69) is 5.32 Å². The molecule has 0 bridgehead atoms. The molecule has 0 aromatic carbocycles. The summed E-state index contributed by atoms with van der Waals surface area (Å²) in [6, 6.07) is 0. The largest absolute Gasteiger partial charge is 0.514 e. The molecule has 0 aromatic heterocycles. The molecule has 6 heteroatoms. The quantitative estimate of drug-likeness (QED) is 0.517. The van der Waals surface area contributed by atoms with Crippen molar-refractivity contribution in [1.29, 1.82) is 0 Å². The zero-order valence-corrected chi connectivity index (χ0v) is 7.25. The lowest BCUT2D eigenvalue weighted by Gasteiger charge is -2.32. The van der Waals surface area contributed by atoms with Gasteiger partial charge in [-0.1, -0.05) is 11.6 Å². The third-order valence-electron chi connectivity index (χ3n) is 1.68. The Hall–Kier alpha value is -0.485. The third-order valence-corrected chi connectivity index (χ3v) is 2.08. The Morgan fingerprint density at radius 2 is 2.33 bits per heavy atom. The van der Waals surface area contributed by atoms with Crippen LogP contribution in [-0.4, -0.2) is 29.9 Å². The van der Waals surface area contributed by atoms with E-state index in [1.165, 1.54) is 19.4 Å². The molecule has 66 valence electrons. The van der Waals surface area contributed by atoms with E-state index < -0.39 is 12.7 Å². The lowest BCUT2D eigenvalue weighted by molar-refractivity contribution is 0.0470. The summed E-state index contributed by atoms with van der Waals surface area (Å²) >= 11 is 5.74. The van der Waals surface area contributed by atoms with Crippen molar-refractivity contribution < 1.29 is 14.8 Å². The molecule has 3 N–H and O–H groups in total. The van der Waals surface area contributed by atoms with Crippen molar-refractivity contribution in [1.82, 2.24) is 5.32 Å². The molecule has 0 spiro atoms. The number of hydrogen-bond acceptors (Lipinski definition) is 4. The fourth-order valence-corrected chi connectivity index (χ4v) is 1.26. The lowest BCUT2D eigenvalue weighted by Crippen LogP contribution is -2.58. The monoisotopic (exact) mass is 189 g/mol. The summed E-state index contributed by atoms with van der Waals surface area (Å²) in [6.07, 6.45) is 4.69. The summed E-state index contributed by atoms with van der Waals surface area (Å²) in [5.41, 5.74) is -1.42. The molecule has 4 nitrogen and oxygen atoms in total. The highest BCUT2D eigenvalue weighted by molar-refractivity contribution is 6.51. The maximum atomic E-state index is 9.01. The molecule has 0 saturated carbocycles. The first-order valence-electron chi connectivity index (χ1n) is 3.35. The standard InChI is InChI=1S/C6H9BClNO3/c1-12-6(7(10)11)5(8)3-2-4-9-6/h2-4,9-11H,1H3. The predicted octanol–water partition coefficient (Wildman–Crippen LogP) is -0.419. The second-order valence-electron chi connectivity index (χ2n) is 2.33. The Morgan fingerprint density at radius 3 is 2.67 bits per heavy atom. The van der Waals surface area contributed by atoms with Crippen LogP contribution in [0.5, 0.6) is 0 Å². The van der Waals surface area contributed by atoms with Gasteiger partial charge < -0.3 is 20.1 Å². The molecule has 1 unspecified atom stereocenters. The Labute approximate surface area is 75.6 Å². The molecule has 12 heavy (non-hydrogen) atoms. The molecule has 0 aliphatic carbocycles. The van der Waals surface area contributed by atoms with Gasteiger partial charge in [0.2, 0.25) is 5.62 Å². The number of allylic oxidation sites excluding steroid dienone is 2. The normalized spacial score (nSPS) is 27.8. The predicted molar refractivity (Wildman–Crippen MR) is 46.1 cm³/mol. The van der Waals surface area contributed by atoms with Crippen LogP contribution in [-0.2, 0) is 4.74 Å². The van der Waals surface area contributed by atoms with Gasteiger partial charge in [0.15, 0.2) is 0 Å². The van der Waals surface area contributed by atoms with Crippen molar-refractivity contribution in [2.24, 2.45) is 0 Å². The summed E-state index contributed by atoms with van der Waals surface area (Å²) in [7, 11) is -0.377. The molecule has 1 heterocycles. The summed E-state index contributed by atoms with van der Waals surface area (Å²) in [5.74, 6) is 0. The van der Waals surface area contributed by atoms with Crippen LogP contribution in [0.3, 0.4) is 0 Å². The Bertz CT molecular complexity index is 231. The van der Waals surface area contributed by atoms with Crippen molar-refractivity contribution in [2.75, 3.05) is 7.11 Å². The van der Waals surface area contributed by atoms with Gasteiger partial charge in [-0.25, -0.2) is 0 Å². The van der Waals surface area contributed by atoms with Gasteiger partial charge in [-0.15, -0.1) is 0 Å². The van der Waals surface area contributed by atoms with Gasteiger partial charge in [0, 0.05) is 7.11 Å². The van der Waals surface area contributed by atoms with Gasteiger partial charge in [0.05, 0.1) is 5.03 Å². The van der Waals surface area contributed by atoms with Crippen molar-refractivity contribution in [3.05, 3.63) is 23.4 Å². The van der Waals surface area contributed by atoms with Gasteiger partial charge in [0.25, 0.3) is 0 Å².